The summed E-state index contributed by atoms with van der Waals surface area (Å²) in [5, 5.41) is 2.70. The molecule has 0 radical (unpaired) electrons. The molecule has 0 aromatic carbocycles. The average molecular weight is 259 g/mol. The van der Waals surface area contributed by atoms with E-state index < -0.39 is 11.7 Å². The summed E-state index contributed by atoms with van der Waals surface area (Å²) in [6.07, 6.45) is -0.351. The minimum atomic E-state index is -0.546. The Hall–Kier alpha value is -1.26. The first-order chi connectivity index (χ1) is 8.15. The van der Waals surface area contributed by atoms with E-state index in [1.807, 2.05) is 13.8 Å². The molecule has 0 spiro atoms. The summed E-state index contributed by atoms with van der Waals surface area (Å²) in [4.78, 5) is 23.0. The quantitative estimate of drug-likeness (QED) is 0.770. The van der Waals surface area contributed by atoms with Gasteiger partial charge in [0.15, 0.2) is 0 Å². The molecule has 0 aromatic rings. The van der Waals surface area contributed by atoms with Gasteiger partial charge in [0, 0.05) is 6.04 Å². The Kier molecular flexibility index (Phi) is 6.73. The first-order valence-corrected chi connectivity index (χ1v) is 6.30. The highest BCUT2D eigenvalue weighted by Gasteiger charge is 2.23. The number of rotatable bonds is 5. The highest BCUT2D eigenvalue weighted by molar-refractivity contribution is 5.73. The third-order valence-electron chi connectivity index (χ3n) is 2.20. The van der Waals surface area contributed by atoms with Gasteiger partial charge in [-0.2, -0.15) is 0 Å². The van der Waals surface area contributed by atoms with E-state index in [0.717, 1.165) is 0 Å². The first-order valence-electron chi connectivity index (χ1n) is 6.30. The van der Waals surface area contributed by atoms with Crippen LogP contribution in [0.4, 0.5) is 4.79 Å². The van der Waals surface area contributed by atoms with E-state index in [0.29, 0.717) is 6.61 Å². The van der Waals surface area contributed by atoms with Gasteiger partial charge in [-0.05, 0) is 33.6 Å². The molecule has 0 rings (SSSR count). The number of ether oxygens (including phenoxy) is 2. The molecule has 0 aromatic heterocycles. The second kappa shape index (κ2) is 7.24. The molecule has 0 unspecified atom stereocenters. The number of amides is 1. The zero-order valence-corrected chi connectivity index (χ0v) is 12.2. The fourth-order valence-corrected chi connectivity index (χ4v) is 1.31. The molecule has 1 N–H and O–H groups in total. The van der Waals surface area contributed by atoms with Gasteiger partial charge in [-0.1, -0.05) is 13.8 Å². The van der Waals surface area contributed by atoms with E-state index in [1.165, 1.54) is 0 Å². The number of hydrogen-bond donors (Lipinski definition) is 1. The highest BCUT2D eigenvalue weighted by atomic mass is 16.6. The van der Waals surface area contributed by atoms with Gasteiger partial charge in [-0.15, -0.1) is 0 Å². The standard InChI is InChI=1S/C13H25NO4/c1-7-17-11(15)8-10(9(2)3)14-12(16)18-13(4,5)6/h9-10H,7-8H2,1-6H3,(H,14,16)/t10-/m1/s1. The molecule has 0 bridgehead atoms. The van der Waals surface area contributed by atoms with Crippen LogP contribution < -0.4 is 5.32 Å². The van der Waals surface area contributed by atoms with E-state index in [-0.39, 0.29) is 24.3 Å². The summed E-state index contributed by atoms with van der Waals surface area (Å²) >= 11 is 0. The molecule has 5 heteroatoms. The lowest BCUT2D eigenvalue weighted by Gasteiger charge is -2.25. The van der Waals surface area contributed by atoms with Gasteiger partial charge in [0.1, 0.15) is 5.60 Å². The van der Waals surface area contributed by atoms with Crippen molar-refractivity contribution in [1.82, 2.24) is 5.32 Å². The SMILES string of the molecule is CCOC(=O)C[C@@H](NC(=O)OC(C)(C)C)C(C)C. The van der Waals surface area contributed by atoms with Gasteiger partial charge in [0.2, 0.25) is 0 Å². The lowest BCUT2D eigenvalue weighted by atomic mass is 10.0. The number of esters is 1. The van der Waals surface area contributed by atoms with E-state index in [9.17, 15) is 9.59 Å². The Morgan fingerprint density at radius 2 is 1.78 bits per heavy atom. The summed E-state index contributed by atoms with van der Waals surface area (Å²) in [6, 6.07) is -0.279. The van der Waals surface area contributed by atoms with Crippen LogP contribution >= 0.6 is 0 Å². The van der Waals surface area contributed by atoms with Crippen LogP contribution in [-0.2, 0) is 14.3 Å². The second-order valence-electron chi connectivity index (χ2n) is 5.51. The summed E-state index contributed by atoms with van der Waals surface area (Å²) in [6.45, 7) is 11.3. The van der Waals surface area contributed by atoms with Crippen molar-refractivity contribution in [2.24, 2.45) is 5.92 Å². The predicted molar refractivity (Wildman–Crippen MR) is 69.2 cm³/mol. The van der Waals surface area contributed by atoms with Crippen LogP contribution in [0.1, 0.15) is 48.0 Å². The molecule has 1 atom stereocenters. The van der Waals surface area contributed by atoms with Crippen molar-refractivity contribution >= 4 is 12.1 Å². The molecule has 0 aliphatic rings. The average Bonchev–Trinajstić information content (AvgIpc) is 2.13. The van der Waals surface area contributed by atoms with Gasteiger partial charge in [0.25, 0.3) is 0 Å². The summed E-state index contributed by atoms with van der Waals surface area (Å²) < 4.78 is 10.0. The van der Waals surface area contributed by atoms with E-state index >= 15 is 0 Å². The van der Waals surface area contributed by atoms with Crippen molar-refractivity contribution < 1.29 is 19.1 Å². The molecule has 18 heavy (non-hydrogen) atoms. The molecule has 0 heterocycles. The lowest BCUT2D eigenvalue weighted by Crippen LogP contribution is -2.43. The summed E-state index contributed by atoms with van der Waals surface area (Å²) in [5.74, 6) is -0.186. The molecule has 0 aliphatic carbocycles. The monoisotopic (exact) mass is 259 g/mol. The minimum absolute atomic E-state index is 0.127. The van der Waals surface area contributed by atoms with Gasteiger partial charge in [0.05, 0.1) is 13.0 Å². The molecular weight excluding hydrogens is 234 g/mol. The molecule has 0 saturated heterocycles. The summed E-state index contributed by atoms with van der Waals surface area (Å²) in [7, 11) is 0. The smallest absolute Gasteiger partial charge is 0.407 e. The largest absolute Gasteiger partial charge is 0.466 e. The molecule has 0 aliphatic heterocycles. The number of carbonyl (C=O) groups excluding carboxylic acids is 2. The second-order valence-corrected chi connectivity index (χ2v) is 5.51. The third kappa shape index (κ3) is 7.92. The van der Waals surface area contributed by atoms with Crippen molar-refractivity contribution in [1.29, 1.82) is 0 Å². The van der Waals surface area contributed by atoms with Crippen molar-refractivity contribution in [2.45, 2.75) is 59.6 Å². The number of carbonyl (C=O) groups is 2. The Morgan fingerprint density at radius 3 is 2.17 bits per heavy atom. The van der Waals surface area contributed by atoms with E-state index in [2.05, 4.69) is 5.32 Å². The third-order valence-corrected chi connectivity index (χ3v) is 2.20. The number of alkyl carbamates (subject to hydrolysis) is 1. The highest BCUT2D eigenvalue weighted by Crippen LogP contribution is 2.11. The van der Waals surface area contributed by atoms with Crippen LogP contribution in [0.5, 0.6) is 0 Å². The maximum atomic E-state index is 11.6. The fourth-order valence-electron chi connectivity index (χ4n) is 1.31. The number of nitrogens with one attached hydrogen (secondary N) is 1. The molecule has 0 saturated carbocycles. The molecule has 5 nitrogen and oxygen atoms in total. The Bertz CT molecular complexity index is 281. The van der Waals surface area contributed by atoms with Crippen LogP contribution in [0.25, 0.3) is 0 Å². The van der Waals surface area contributed by atoms with Crippen LogP contribution in [0.15, 0.2) is 0 Å². The zero-order valence-electron chi connectivity index (χ0n) is 12.2. The maximum absolute atomic E-state index is 11.6. The summed E-state index contributed by atoms with van der Waals surface area (Å²) in [5.41, 5.74) is -0.546. The number of hydrogen-bond acceptors (Lipinski definition) is 4. The first kappa shape index (κ1) is 16.7. The van der Waals surface area contributed by atoms with Crippen LogP contribution in [0, 0.1) is 5.92 Å². The van der Waals surface area contributed by atoms with Crippen molar-refractivity contribution in [3.63, 3.8) is 0 Å². The van der Waals surface area contributed by atoms with Crippen molar-refractivity contribution in [2.75, 3.05) is 6.61 Å². The van der Waals surface area contributed by atoms with Crippen molar-refractivity contribution in [3.8, 4) is 0 Å². The maximum Gasteiger partial charge on any atom is 0.407 e. The van der Waals surface area contributed by atoms with E-state index in [1.54, 1.807) is 27.7 Å². The van der Waals surface area contributed by atoms with Gasteiger partial charge in [-0.25, -0.2) is 4.79 Å². The van der Waals surface area contributed by atoms with Crippen molar-refractivity contribution in [3.05, 3.63) is 0 Å². The topological polar surface area (TPSA) is 64.6 Å². The van der Waals surface area contributed by atoms with Crippen LogP contribution in [0.2, 0.25) is 0 Å². The fraction of sp³-hybridized carbons (Fsp3) is 0.846. The van der Waals surface area contributed by atoms with Gasteiger partial charge in [-0.3, -0.25) is 4.79 Å². The Labute approximate surface area is 109 Å². The van der Waals surface area contributed by atoms with Crippen LogP contribution in [0.3, 0.4) is 0 Å². The van der Waals surface area contributed by atoms with Gasteiger partial charge >= 0.3 is 12.1 Å². The molecule has 0 fully saturated rings. The van der Waals surface area contributed by atoms with Gasteiger partial charge < -0.3 is 14.8 Å². The normalized spacial score (nSPS) is 13.1. The molecule has 1 amide bonds. The van der Waals surface area contributed by atoms with Crippen LogP contribution in [-0.4, -0.2) is 30.3 Å². The zero-order chi connectivity index (χ0) is 14.3. The lowest BCUT2D eigenvalue weighted by molar-refractivity contribution is -0.143. The Balaban J connectivity index is 4.36. The minimum Gasteiger partial charge on any atom is -0.466 e. The molecule has 106 valence electrons. The predicted octanol–water partition coefficient (Wildman–Crippen LogP) is 2.49. The van der Waals surface area contributed by atoms with E-state index in [4.69, 9.17) is 9.47 Å². The molecular formula is C13H25NO4. The Morgan fingerprint density at radius 1 is 1.22 bits per heavy atom.